The van der Waals surface area contributed by atoms with E-state index in [1.165, 1.54) is 41.3 Å². The number of thiazole rings is 1. The number of ether oxygens (including phenoxy) is 1. The van der Waals surface area contributed by atoms with Crippen LogP contribution in [-0.2, 0) is 10.0 Å². The zero-order valence-electron chi connectivity index (χ0n) is 20.3. The molecule has 3 fully saturated rings. The molecule has 12 heteroatoms. The van der Waals surface area contributed by atoms with E-state index >= 15 is 0 Å². The van der Waals surface area contributed by atoms with E-state index in [0.29, 0.717) is 30.5 Å². The van der Waals surface area contributed by atoms with Gasteiger partial charge in [0.15, 0.2) is 0 Å². The van der Waals surface area contributed by atoms with Crippen LogP contribution in [0.25, 0.3) is 0 Å². The van der Waals surface area contributed by atoms with E-state index in [4.69, 9.17) is 0 Å². The molecule has 202 valence electrons. The Morgan fingerprint density at radius 3 is 2.35 bits per heavy atom. The molecule has 2 saturated heterocycles. The van der Waals surface area contributed by atoms with Gasteiger partial charge < -0.3 is 9.64 Å². The Morgan fingerprint density at radius 1 is 0.973 bits per heavy atom. The van der Waals surface area contributed by atoms with E-state index in [9.17, 15) is 26.4 Å². The lowest BCUT2D eigenvalue weighted by Gasteiger charge is -2.43. The third-order valence-corrected chi connectivity index (χ3v) is 10.7. The van der Waals surface area contributed by atoms with Crippen LogP contribution in [0.15, 0.2) is 34.5 Å². The lowest BCUT2D eigenvalue weighted by Crippen LogP contribution is -2.49. The van der Waals surface area contributed by atoms with Crippen molar-refractivity contribution in [2.75, 3.05) is 19.6 Å². The smallest absolute Gasteiger partial charge is 0.406 e. The van der Waals surface area contributed by atoms with Crippen LogP contribution in [0.4, 0.5) is 13.2 Å². The number of hydrogen-bond donors (Lipinski definition) is 0. The topological polar surface area (TPSA) is 79.8 Å². The summed E-state index contributed by atoms with van der Waals surface area (Å²) in [6.07, 6.45) is 3.19. The number of halogens is 3. The third-order valence-electron chi connectivity index (χ3n) is 7.74. The lowest BCUT2D eigenvalue weighted by atomic mass is 9.78. The fourth-order valence-electron chi connectivity index (χ4n) is 5.90. The molecular weight excluding hydrogens is 527 g/mol. The molecular formula is C25H30F3N3O4S2. The number of aromatic nitrogens is 1. The highest BCUT2D eigenvalue weighted by Crippen LogP contribution is 2.37. The van der Waals surface area contributed by atoms with Crippen LogP contribution < -0.4 is 4.74 Å². The number of alkyl halides is 3. The van der Waals surface area contributed by atoms with Crippen molar-refractivity contribution >= 4 is 27.3 Å². The first kappa shape index (κ1) is 26.4. The second-order valence-corrected chi connectivity index (χ2v) is 12.8. The highest BCUT2D eigenvalue weighted by molar-refractivity contribution is 7.89. The van der Waals surface area contributed by atoms with Gasteiger partial charge in [-0.05, 0) is 68.7 Å². The molecule has 1 saturated carbocycles. The summed E-state index contributed by atoms with van der Waals surface area (Å²) in [6.45, 7) is 1.32. The first-order valence-electron chi connectivity index (χ1n) is 12.7. The summed E-state index contributed by atoms with van der Waals surface area (Å²) in [5.74, 6) is 0.202. The van der Waals surface area contributed by atoms with Crippen LogP contribution in [0.3, 0.4) is 0 Å². The van der Waals surface area contributed by atoms with Gasteiger partial charge in [0, 0.05) is 37.0 Å². The molecule has 37 heavy (non-hydrogen) atoms. The largest absolute Gasteiger partial charge is 0.573 e. The quantitative estimate of drug-likeness (QED) is 0.492. The monoisotopic (exact) mass is 557 g/mol. The van der Waals surface area contributed by atoms with Crippen molar-refractivity contribution < 1.29 is 31.1 Å². The van der Waals surface area contributed by atoms with Gasteiger partial charge in [0.2, 0.25) is 10.0 Å². The molecule has 2 atom stereocenters. The lowest BCUT2D eigenvalue weighted by molar-refractivity contribution is -0.274. The van der Waals surface area contributed by atoms with Gasteiger partial charge in [0.1, 0.15) is 11.4 Å². The zero-order chi connectivity index (χ0) is 26.2. The van der Waals surface area contributed by atoms with Crippen LogP contribution >= 0.6 is 11.3 Å². The number of fused-ring (bicyclic) bond motifs is 1. The van der Waals surface area contributed by atoms with Crippen LogP contribution in [0.1, 0.15) is 72.8 Å². The number of likely N-dealkylation sites (tertiary alicyclic amines) is 1. The predicted octanol–water partition coefficient (Wildman–Crippen LogP) is 5.40. The molecule has 2 aliphatic heterocycles. The molecule has 3 aliphatic rings. The van der Waals surface area contributed by atoms with Crippen molar-refractivity contribution in [2.24, 2.45) is 5.92 Å². The Balaban J connectivity index is 1.20. The second kappa shape index (κ2) is 10.5. The number of carbonyl (C=O) groups excluding carboxylic acids is 1. The van der Waals surface area contributed by atoms with E-state index in [0.717, 1.165) is 48.7 Å². The molecule has 2 aromatic rings. The average molecular weight is 558 g/mol. The number of carbonyl (C=O) groups is 1. The number of hydrogen-bond acceptors (Lipinski definition) is 6. The number of piperidine rings is 2. The summed E-state index contributed by atoms with van der Waals surface area (Å²) in [7, 11) is -3.84. The standard InChI is InChI=1S/C25H30F3N3O4S2/c26-25(27,28)35-19-7-9-20(10-8-19)37(33,34)30-14-11-18(12-15-30)23-29-21(16-36-23)24(32)31-13-3-5-17-4-1-2-6-22(17)31/h7-10,16-18,22H,1-6,11-15H2. The van der Waals surface area contributed by atoms with Gasteiger partial charge in [-0.3, -0.25) is 4.79 Å². The molecule has 0 N–H and O–H groups in total. The Bertz CT molecular complexity index is 1210. The number of nitrogens with zero attached hydrogens (tertiary/aromatic N) is 3. The SMILES string of the molecule is O=C(c1csc(C2CCN(S(=O)(=O)c3ccc(OC(F)(F)F)cc3)CC2)n1)N1CCCC2CCCCC21. The van der Waals surface area contributed by atoms with Crippen LogP contribution in [-0.4, -0.2) is 60.6 Å². The zero-order valence-corrected chi connectivity index (χ0v) is 22.0. The van der Waals surface area contributed by atoms with Gasteiger partial charge >= 0.3 is 6.36 Å². The second-order valence-electron chi connectivity index (χ2n) is 10.0. The van der Waals surface area contributed by atoms with Crippen LogP contribution in [0.2, 0.25) is 0 Å². The molecule has 0 bridgehead atoms. The van der Waals surface area contributed by atoms with Crippen molar-refractivity contribution in [1.29, 1.82) is 0 Å². The van der Waals surface area contributed by atoms with E-state index in [-0.39, 0.29) is 29.8 Å². The van der Waals surface area contributed by atoms with Gasteiger partial charge in [-0.25, -0.2) is 13.4 Å². The minimum Gasteiger partial charge on any atom is -0.406 e. The minimum absolute atomic E-state index is 0.0112. The fourth-order valence-corrected chi connectivity index (χ4v) is 8.34. The number of benzene rings is 1. The summed E-state index contributed by atoms with van der Waals surface area (Å²) < 4.78 is 68.3. The molecule has 5 rings (SSSR count). The summed E-state index contributed by atoms with van der Waals surface area (Å²) in [5, 5.41) is 2.68. The Labute approximate surface area is 218 Å². The molecule has 2 unspecified atom stereocenters. The van der Waals surface area contributed by atoms with Gasteiger partial charge in [-0.2, -0.15) is 4.31 Å². The normalized spacial score (nSPS) is 24.0. The molecule has 1 aliphatic carbocycles. The number of rotatable bonds is 5. The van der Waals surface area contributed by atoms with Gasteiger partial charge in [-0.15, -0.1) is 24.5 Å². The number of sulfonamides is 1. The maximum absolute atomic E-state index is 13.3. The Morgan fingerprint density at radius 2 is 1.65 bits per heavy atom. The van der Waals surface area contributed by atoms with Crippen molar-refractivity contribution in [3.8, 4) is 5.75 Å². The van der Waals surface area contributed by atoms with E-state index in [1.807, 2.05) is 10.3 Å². The minimum atomic E-state index is -4.84. The molecule has 1 amide bonds. The Kier molecular flexibility index (Phi) is 7.52. The van der Waals surface area contributed by atoms with Crippen LogP contribution in [0, 0.1) is 5.92 Å². The van der Waals surface area contributed by atoms with Crippen molar-refractivity contribution in [3.63, 3.8) is 0 Å². The maximum Gasteiger partial charge on any atom is 0.573 e. The first-order valence-corrected chi connectivity index (χ1v) is 15.1. The summed E-state index contributed by atoms with van der Waals surface area (Å²) >= 11 is 1.46. The average Bonchev–Trinajstić information content (AvgIpc) is 3.38. The van der Waals surface area contributed by atoms with E-state index in [2.05, 4.69) is 9.72 Å². The van der Waals surface area contributed by atoms with Crippen molar-refractivity contribution in [3.05, 3.63) is 40.3 Å². The molecule has 1 aromatic carbocycles. The fraction of sp³-hybridized carbons (Fsp3) is 0.600. The Hall–Kier alpha value is -2.18. The molecule has 7 nitrogen and oxygen atoms in total. The molecule has 0 radical (unpaired) electrons. The highest BCUT2D eigenvalue weighted by Gasteiger charge is 2.37. The summed E-state index contributed by atoms with van der Waals surface area (Å²) in [4.78, 5) is 19.9. The molecule has 1 aromatic heterocycles. The van der Waals surface area contributed by atoms with E-state index in [1.54, 1.807) is 0 Å². The summed E-state index contributed by atoms with van der Waals surface area (Å²) in [6, 6.07) is 4.57. The molecule has 0 spiro atoms. The van der Waals surface area contributed by atoms with Crippen molar-refractivity contribution in [1.82, 2.24) is 14.2 Å². The van der Waals surface area contributed by atoms with Gasteiger partial charge in [-0.1, -0.05) is 12.8 Å². The van der Waals surface area contributed by atoms with E-state index < -0.39 is 22.1 Å². The van der Waals surface area contributed by atoms with Gasteiger partial charge in [0.25, 0.3) is 5.91 Å². The molecule has 3 heterocycles. The summed E-state index contributed by atoms with van der Waals surface area (Å²) in [5.41, 5.74) is 0.488. The van der Waals surface area contributed by atoms with Crippen molar-refractivity contribution in [2.45, 2.75) is 74.6 Å². The third kappa shape index (κ3) is 5.80. The predicted molar refractivity (Wildman–Crippen MR) is 132 cm³/mol. The maximum atomic E-state index is 13.3. The highest BCUT2D eigenvalue weighted by atomic mass is 32.2. The first-order chi connectivity index (χ1) is 17.6. The van der Waals surface area contributed by atoms with Gasteiger partial charge in [0.05, 0.1) is 9.90 Å². The number of amides is 1. The van der Waals surface area contributed by atoms with Crippen LogP contribution in [0.5, 0.6) is 5.75 Å².